The van der Waals surface area contributed by atoms with Crippen LogP contribution in [0.1, 0.15) is 5.56 Å². The van der Waals surface area contributed by atoms with Crippen LogP contribution in [0.4, 0.5) is 0 Å². The first-order chi connectivity index (χ1) is 4.33. The zero-order chi connectivity index (χ0) is 6.69. The van der Waals surface area contributed by atoms with Gasteiger partial charge in [-0.2, -0.15) is 0 Å². The number of hydrogen-bond acceptors (Lipinski definition) is 0. The third kappa shape index (κ3) is 2.15. The summed E-state index contributed by atoms with van der Waals surface area (Å²) < 4.78 is 1.16. The first-order valence-electron chi connectivity index (χ1n) is 2.68. The monoisotopic (exact) mass is 244 g/mol. The van der Waals surface area contributed by atoms with Gasteiger partial charge < -0.3 is 0 Å². The van der Waals surface area contributed by atoms with Crippen molar-refractivity contribution < 1.29 is 0 Å². The summed E-state index contributed by atoms with van der Waals surface area (Å²) >= 11 is 5.96. The van der Waals surface area contributed by atoms with Crippen molar-refractivity contribution >= 4 is 32.8 Å². The van der Waals surface area contributed by atoms with Crippen molar-refractivity contribution in [3.8, 4) is 0 Å². The molecule has 0 N–H and O–H groups in total. The minimum absolute atomic E-state index is 1.05. The van der Waals surface area contributed by atoms with Gasteiger partial charge in [-0.25, -0.2) is 0 Å². The summed E-state index contributed by atoms with van der Waals surface area (Å²) in [4.78, 5) is 0. The molecule has 2 radical (unpaired) electrons. The molecule has 0 heterocycles. The first kappa shape index (κ1) is 7.37. The van der Waals surface area contributed by atoms with Gasteiger partial charge in [0.05, 0.1) is 0 Å². The van der Waals surface area contributed by atoms with Gasteiger partial charge in [-0.1, -0.05) is 0 Å². The van der Waals surface area contributed by atoms with Gasteiger partial charge >= 0.3 is 72.3 Å². The zero-order valence-electron chi connectivity index (χ0n) is 4.84. The summed E-state index contributed by atoms with van der Waals surface area (Å²) in [6, 6.07) is 8.32. The van der Waals surface area contributed by atoms with Crippen molar-refractivity contribution in [1.82, 2.24) is 0 Å². The molecule has 0 aromatic heterocycles. The molecule has 0 aliphatic rings. The van der Waals surface area contributed by atoms with Crippen LogP contribution in [0.25, 0.3) is 0 Å². The molecule has 0 saturated heterocycles. The molecule has 9 heavy (non-hydrogen) atoms. The Morgan fingerprint density at radius 1 is 1.44 bits per heavy atom. The second-order valence-corrected chi connectivity index (χ2v) is 3.37. The molecule has 2 heteroatoms. The predicted octanol–water partition coefficient (Wildman–Crippen LogP) is 2.12. The Bertz CT molecular complexity index is 198. The number of benzene rings is 1. The summed E-state index contributed by atoms with van der Waals surface area (Å²) in [5.41, 5.74) is 1.35. The van der Waals surface area contributed by atoms with Crippen LogP contribution in [0.15, 0.2) is 28.7 Å². The summed E-state index contributed by atoms with van der Waals surface area (Å²) in [6.07, 6.45) is 0. The van der Waals surface area contributed by atoms with E-state index in [1.807, 2.05) is 12.1 Å². The van der Waals surface area contributed by atoms with Crippen LogP contribution in [0, 0.1) is 0 Å². The fourth-order valence-electron chi connectivity index (χ4n) is 0.635. The predicted molar refractivity (Wildman–Crippen MR) is 43.6 cm³/mol. The number of hydrogen-bond donors (Lipinski definition) is 0. The van der Waals surface area contributed by atoms with Crippen molar-refractivity contribution in [2.75, 3.05) is 0 Å². The molecular weight excluding hydrogens is 239 g/mol. The summed E-state index contributed by atoms with van der Waals surface area (Å²) in [6.45, 7) is 0. The van der Waals surface area contributed by atoms with E-state index in [0.717, 1.165) is 9.68 Å². The van der Waals surface area contributed by atoms with Crippen LogP contribution in [-0.2, 0) is 5.21 Å². The topological polar surface area (TPSA) is 0 Å². The molecule has 0 unspecified atom stereocenters. The van der Waals surface area contributed by atoms with Gasteiger partial charge in [0.15, 0.2) is 0 Å². The molecule has 1 aromatic carbocycles. The molecule has 0 spiro atoms. The molecule has 0 saturated carbocycles. The van der Waals surface area contributed by atoms with E-state index in [9.17, 15) is 0 Å². The van der Waals surface area contributed by atoms with Gasteiger partial charge in [0.25, 0.3) is 0 Å². The normalized spacial score (nSPS) is 9.56. The number of rotatable bonds is 1. The van der Waals surface area contributed by atoms with Crippen molar-refractivity contribution in [3.63, 3.8) is 0 Å². The molecule has 1 aromatic rings. The standard InChI is InChI=1S/C7H6AsBr/c8-5-6-2-1-3-7(9)4-6/h1-4H,5H2. The molecule has 1 rings (SSSR count). The second kappa shape index (κ2) is 3.43. The molecule has 0 fully saturated rings. The van der Waals surface area contributed by atoms with E-state index in [1.165, 1.54) is 5.56 Å². The Morgan fingerprint density at radius 3 is 2.67 bits per heavy atom. The number of halogens is 1. The Morgan fingerprint density at radius 2 is 2.22 bits per heavy atom. The van der Waals surface area contributed by atoms with Crippen LogP contribution < -0.4 is 0 Å². The van der Waals surface area contributed by atoms with E-state index in [1.54, 1.807) is 0 Å². The van der Waals surface area contributed by atoms with Crippen molar-refractivity contribution in [2.45, 2.75) is 5.21 Å². The summed E-state index contributed by atoms with van der Waals surface area (Å²) in [5, 5.41) is 1.05. The Balaban J connectivity index is 2.94. The van der Waals surface area contributed by atoms with Gasteiger partial charge in [-0.15, -0.1) is 0 Å². The van der Waals surface area contributed by atoms with E-state index in [2.05, 4.69) is 44.9 Å². The zero-order valence-corrected chi connectivity index (χ0v) is 8.30. The Kier molecular flexibility index (Phi) is 2.81. The third-order valence-electron chi connectivity index (χ3n) is 1.07. The van der Waals surface area contributed by atoms with Gasteiger partial charge in [-0.3, -0.25) is 0 Å². The van der Waals surface area contributed by atoms with Crippen LogP contribution >= 0.6 is 15.9 Å². The maximum atomic E-state index is 3.40. The minimum atomic E-state index is 1.05. The van der Waals surface area contributed by atoms with Crippen molar-refractivity contribution in [3.05, 3.63) is 34.3 Å². The average Bonchev–Trinajstić information content (AvgIpc) is 1.88. The van der Waals surface area contributed by atoms with Crippen molar-refractivity contribution in [2.24, 2.45) is 0 Å². The molecule has 0 amide bonds. The fraction of sp³-hybridized carbons (Fsp3) is 0.143. The van der Waals surface area contributed by atoms with E-state index in [-0.39, 0.29) is 0 Å². The maximum absolute atomic E-state index is 3.40. The molecule has 0 bridgehead atoms. The van der Waals surface area contributed by atoms with Crippen LogP contribution in [0.2, 0.25) is 0 Å². The Hall–Kier alpha value is 0.258. The SMILES string of the molecule is [As]Cc1cccc(Br)c1. The second-order valence-electron chi connectivity index (χ2n) is 1.79. The summed E-state index contributed by atoms with van der Waals surface area (Å²) in [5.74, 6) is 0. The molecule has 46 valence electrons. The average molecular weight is 245 g/mol. The third-order valence-corrected chi connectivity index (χ3v) is 2.33. The van der Waals surface area contributed by atoms with Gasteiger partial charge in [0, 0.05) is 0 Å². The molecule has 0 nitrogen and oxygen atoms in total. The van der Waals surface area contributed by atoms with E-state index >= 15 is 0 Å². The van der Waals surface area contributed by atoms with E-state index < -0.39 is 0 Å². The molecule has 0 aliphatic carbocycles. The first-order valence-corrected chi connectivity index (χ1v) is 4.80. The van der Waals surface area contributed by atoms with Gasteiger partial charge in [0.1, 0.15) is 0 Å². The molecule has 0 aliphatic heterocycles. The Labute approximate surface area is 72.3 Å². The van der Waals surface area contributed by atoms with Gasteiger partial charge in [0.2, 0.25) is 0 Å². The molecular formula is C7H6AsBr. The van der Waals surface area contributed by atoms with E-state index in [0.29, 0.717) is 0 Å². The quantitative estimate of drug-likeness (QED) is 0.664. The van der Waals surface area contributed by atoms with Gasteiger partial charge in [-0.05, 0) is 0 Å². The van der Waals surface area contributed by atoms with Crippen LogP contribution in [-0.4, -0.2) is 16.9 Å². The fourth-order valence-corrected chi connectivity index (χ4v) is 1.49. The van der Waals surface area contributed by atoms with E-state index in [4.69, 9.17) is 0 Å². The molecule has 0 atom stereocenters. The van der Waals surface area contributed by atoms with Crippen LogP contribution in [0.3, 0.4) is 0 Å². The van der Waals surface area contributed by atoms with Crippen molar-refractivity contribution in [1.29, 1.82) is 0 Å². The van der Waals surface area contributed by atoms with Crippen LogP contribution in [0.5, 0.6) is 0 Å². The summed E-state index contributed by atoms with van der Waals surface area (Å²) in [7, 11) is 0.